The predicted octanol–water partition coefficient (Wildman–Crippen LogP) is 6.46. The van der Waals surface area contributed by atoms with E-state index < -0.39 is 0 Å². The van der Waals surface area contributed by atoms with Gasteiger partial charge in [0.2, 0.25) is 5.95 Å². The van der Waals surface area contributed by atoms with Crippen molar-refractivity contribution < 1.29 is 0 Å². The minimum atomic E-state index is 0.552. The highest BCUT2D eigenvalue weighted by molar-refractivity contribution is 5.96. The van der Waals surface area contributed by atoms with Gasteiger partial charge in [0, 0.05) is 41.1 Å². The topological polar surface area (TPSA) is 81.4 Å². The van der Waals surface area contributed by atoms with E-state index in [9.17, 15) is 0 Å². The first-order chi connectivity index (χ1) is 16.3. The van der Waals surface area contributed by atoms with Gasteiger partial charge in [0.1, 0.15) is 5.82 Å². The lowest BCUT2D eigenvalue weighted by Crippen LogP contribution is -2.04. The molecule has 6 nitrogen and oxygen atoms in total. The minimum Gasteiger partial charge on any atom is -0.366 e. The summed E-state index contributed by atoms with van der Waals surface area (Å²) >= 11 is 0. The van der Waals surface area contributed by atoms with Gasteiger partial charge in [-0.15, -0.1) is 0 Å². The van der Waals surface area contributed by atoms with Gasteiger partial charge in [0.05, 0.1) is 5.69 Å². The molecule has 0 atom stereocenters. The number of fused-ring (bicyclic) bond motifs is 2. The molecule has 0 aliphatic carbocycles. The molecule has 3 aromatic heterocycles. The quantitative estimate of drug-likeness (QED) is 0.244. The lowest BCUT2D eigenvalue weighted by molar-refractivity contribution is 1.09. The van der Waals surface area contributed by atoms with Gasteiger partial charge < -0.3 is 20.6 Å². The summed E-state index contributed by atoms with van der Waals surface area (Å²) in [6.45, 7) is 0.686. The van der Waals surface area contributed by atoms with Crippen LogP contribution in [0.5, 0.6) is 0 Å². The fourth-order valence-corrected chi connectivity index (χ4v) is 4.08. The summed E-state index contributed by atoms with van der Waals surface area (Å²) in [5.74, 6) is 1.32. The number of rotatable bonds is 6. The molecule has 0 saturated heterocycles. The second-order valence-corrected chi connectivity index (χ2v) is 7.96. The molecule has 0 bridgehead atoms. The van der Waals surface area contributed by atoms with E-state index in [2.05, 4.69) is 79.1 Å². The summed E-state index contributed by atoms with van der Waals surface area (Å²) in [4.78, 5) is 15.8. The highest BCUT2D eigenvalue weighted by atomic mass is 15.1. The van der Waals surface area contributed by atoms with E-state index in [4.69, 9.17) is 0 Å². The summed E-state index contributed by atoms with van der Waals surface area (Å²) in [5.41, 5.74) is 6.59. The summed E-state index contributed by atoms with van der Waals surface area (Å²) in [6, 6.07) is 29.0. The molecule has 160 valence electrons. The number of benzene rings is 3. The SMILES string of the molecule is c1ccc(-c2cc3c(Nc4nccc(NCc5ccc6[nH]ccc6c5)n4)cccc3[nH]2)cc1. The number of hydrogen-bond acceptors (Lipinski definition) is 4. The van der Waals surface area contributed by atoms with Crippen LogP contribution in [0.15, 0.2) is 97.3 Å². The van der Waals surface area contributed by atoms with Gasteiger partial charge in [-0.1, -0.05) is 42.5 Å². The average molecular weight is 431 g/mol. The Morgan fingerprint density at radius 2 is 1.76 bits per heavy atom. The molecule has 0 unspecified atom stereocenters. The van der Waals surface area contributed by atoms with E-state index in [-0.39, 0.29) is 0 Å². The van der Waals surface area contributed by atoms with Crippen molar-refractivity contribution in [3.8, 4) is 11.3 Å². The molecule has 3 heterocycles. The van der Waals surface area contributed by atoms with E-state index in [0.29, 0.717) is 12.5 Å². The van der Waals surface area contributed by atoms with Crippen LogP contribution in [0.3, 0.4) is 0 Å². The molecule has 6 heteroatoms. The third-order valence-corrected chi connectivity index (χ3v) is 5.74. The lowest BCUT2D eigenvalue weighted by Gasteiger charge is -2.09. The Morgan fingerprint density at radius 3 is 2.70 bits per heavy atom. The highest BCUT2D eigenvalue weighted by Crippen LogP contribution is 2.30. The first-order valence-corrected chi connectivity index (χ1v) is 10.9. The second kappa shape index (κ2) is 8.16. The number of hydrogen-bond donors (Lipinski definition) is 4. The highest BCUT2D eigenvalue weighted by Gasteiger charge is 2.09. The third kappa shape index (κ3) is 3.90. The van der Waals surface area contributed by atoms with E-state index in [1.54, 1.807) is 6.20 Å². The Balaban J connectivity index is 1.22. The smallest absolute Gasteiger partial charge is 0.229 e. The molecule has 0 fully saturated rings. The zero-order valence-corrected chi connectivity index (χ0v) is 17.8. The monoisotopic (exact) mass is 430 g/mol. The Labute approximate surface area is 190 Å². The van der Waals surface area contributed by atoms with Crippen molar-refractivity contribution in [2.45, 2.75) is 6.54 Å². The first kappa shape index (κ1) is 19.1. The fraction of sp³-hybridized carbons (Fsp3) is 0.0370. The molecule has 3 aromatic carbocycles. The minimum absolute atomic E-state index is 0.552. The molecule has 0 aliphatic heterocycles. The molecular weight excluding hydrogens is 408 g/mol. The first-order valence-electron chi connectivity index (χ1n) is 10.9. The zero-order chi connectivity index (χ0) is 22.0. The van der Waals surface area contributed by atoms with Crippen LogP contribution in [0.25, 0.3) is 33.1 Å². The van der Waals surface area contributed by atoms with Crippen molar-refractivity contribution in [3.63, 3.8) is 0 Å². The van der Waals surface area contributed by atoms with Crippen LogP contribution in [0, 0.1) is 0 Å². The van der Waals surface area contributed by atoms with Crippen molar-refractivity contribution in [1.82, 2.24) is 19.9 Å². The predicted molar refractivity (Wildman–Crippen MR) is 135 cm³/mol. The average Bonchev–Trinajstić information content (AvgIpc) is 3.51. The van der Waals surface area contributed by atoms with Crippen molar-refractivity contribution in [3.05, 3.63) is 103 Å². The number of nitrogens with zero attached hydrogens (tertiary/aromatic N) is 2. The normalized spacial score (nSPS) is 11.2. The summed E-state index contributed by atoms with van der Waals surface area (Å²) in [5, 5.41) is 9.08. The van der Waals surface area contributed by atoms with Crippen LogP contribution in [-0.4, -0.2) is 19.9 Å². The standard InChI is InChI=1S/C27H22N6/c1-2-5-19(6-3-1)25-16-21-23(31-25)7-4-8-24(21)32-27-29-14-12-26(33-27)30-17-18-9-10-22-20(15-18)11-13-28-22/h1-16,28,31H,17H2,(H2,29,30,32,33). The van der Waals surface area contributed by atoms with Gasteiger partial charge in [-0.2, -0.15) is 4.98 Å². The molecule has 6 rings (SSSR count). The summed E-state index contributed by atoms with van der Waals surface area (Å²) in [6.07, 6.45) is 3.72. The van der Waals surface area contributed by atoms with Gasteiger partial charge in [-0.05, 0) is 59.0 Å². The van der Waals surface area contributed by atoms with Crippen LogP contribution in [0.2, 0.25) is 0 Å². The van der Waals surface area contributed by atoms with Crippen LogP contribution in [0.1, 0.15) is 5.56 Å². The number of aromatic amines is 2. The van der Waals surface area contributed by atoms with Crippen LogP contribution < -0.4 is 10.6 Å². The van der Waals surface area contributed by atoms with Gasteiger partial charge >= 0.3 is 0 Å². The van der Waals surface area contributed by atoms with E-state index >= 15 is 0 Å². The maximum atomic E-state index is 4.66. The van der Waals surface area contributed by atoms with Gasteiger partial charge in [-0.25, -0.2) is 4.98 Å². The van der Waals surface area contributed by atoms with Crippen molar-refractivity contribution in [2.24, 2.45) is 0 Å². The van der Waals surface area contributed by atoms with Crippen molar-refractivity contribution in [2.75, 3.05) is 10.6 Å². The lowest BCUT2D eigenvalue weighted by atomic mass is 10.1. The Hall–Kier alpha value is -4.58. The Bertz CT molecular complexity index is 1550. The Kier molecular flexibility index (Phi) is 4.73. The molecule has 6 aromatic rings. The number of H-pyrrole nitrogens is 2. The second-order valence-electron chi connectivity index (χ2n) is 7.96. The molecule has 4 N–H and O–H groups in total. The number of aromatic nitrogens is 4. The van der Waals surface area contributed by atoms with Crippen LogP contribution in [-0.2, 0) is 6.54 Å². The largest absolute Gasteiger partial charge is 0.366 e. The maximum Gasteiger partial charge on any atom is 0.229 e. The molecular formula is C27H22N6. The van der Waals surface area contributed by atoms with E-state index in [1.165, 1.54) is 10.9 Å². The van der Waals surface area contributed by atoms with Gasteiger partial charge in [0.15, 0.2) is 0 Å². The van der Waals surface area contributed by atoms with Crippen molar-refractivity contribution >= 4 is 39.3 Å². The molecule has 0 aliphatic rings. The van der Waals surface area contributed by atoms with E-state index in [0.717, 1.165) is 39.2 Å². The number of nitrogens with one attached hydrogen (secondary N) is 4. The molecule has 0 radical (unpaired) electrons. The molecule has 0 amide bonds. The summed E-state index contributed by atoms with van der Waals surface area (Å²) < 4.78 is 0. The third-order valence-electron chi connectivity index (χ3n) is 5.74. The molecule has 33 heavy (non-hydrogen) atoms. The van der Waals surface area contributed by atoms with Crippen LogP contribution >= 0.6 is 0 Å². The van der Waals surface area contributed by atoms with Gasteiger partial charge in [-0.3, -0.25) is 0 Å². The fourth-order valence-electron chi connectivity index (χ4n) is 4.08. The number of anilines is 3. The Morgan fingerprint density at radius 1 is 0.818 bits per heavy atom. The van der Waals surface area contributed by atoms with Crippen molar-refractivity contribution in [1.29, 1.82) is 0 Å². The summed E-state index contributed by atoms with van der Waals surface area (Å²) in [7, 11) is 0. The zero-order valence-electron chi connectivity index (χ0n) is 17.8. The maximum absolute atomic E-state index is 4.66. The van der Waals surface area contributed by atoms with E-state index in [1.807, 2.05) is 42.6 Å². The molecule has 0 spiro atoms. The van der Waals surface area contributed by atoms with Gasteiger partial charge in [0.25, 0.3) is 0 Å². The molecule has 0 saturated carbocycles. The van der Waals surface area contributed by atoms with Crippen LogP contribution in [0.4, 0.5) is 17.5 Å².